The van der Waals surface area contributed by atoms with Crippen LogP contribution in [0.25, 0.3) is 33.1 Å². The van der Waals surface area contributed by atoms with Gasteiger partial charge in [-0.05, 0) is 36.4 Å². The van der Waals surface area contributed by atoms with E-state index < -0.39 is 0 Å². The summed E-state index contributed by atoms with van der Waals surface area (Å²) in [6.07, 6.45) is 4.39. The van der Waals surface area contributed by atoms with Crippen LogP contribution < -0.4 is 18.6 Å². The third-order valence-electron chi connectivity index (χ3n) is 7.66. The van der Waals surface area contributed by atoms with E-state index in [4.69, 9.17) is 9.47 Å². The van der Waals surface area contributed by atoms with Gasteiger partial charge in [0, 0.05) is 0 Å². The van der Waals surface area contributed by atoms with Crippen LogP contribution in [0.15, 0.2) is 73.1 Å². The first kappa shape index (κ1) is 20.3. The lowest BCUT2D eigenvalue weighted by molar-refractivity contribution is -0.498. The zero-order valence-electron chi connectivity index (χ0n) is 20.1. The first-order valence-corrected chi connectivity index (χ1v) is 12.8. The number of para-hydroxylation sites is 2. The highest BCUT2D eigenvalue weighted by Gasteiger charge is 2.36. The number of benzene rings is 1. The SMILES string of the molecule is c1ccc2c(c1)n1c(N3CCOCC3)[n+]3ccccc3c1c1c3cccc[n+]3c(N3CCOCC3)n21. The van der Waals surface area contributed by atoms with Gasteiger partial charge in [-0.3, -0.25) is 9.80 Å². The van der Waals surface area contributed by atoms with Crippen molar-refractivity contribution in [2.45, 2.75) is 0 Å². The van der Waals surface area contributed by atoms with E-state index in [9.17, 15) is 0 Å². The molecule has 8 nitrogen and oxygen atoms in total. The number of anilines is 2. The molecule has 2 fully saturated rings. The molecule has 36 heavy (non-hydrogen) atoms. The first-order chi connectivity index (χ1) is 17.9. The predicted octanol–water partition coefficient (Wildman–Crippen LogP) is 2.50. The van der Waals surface area contributed by atoms with E-state index in [2.05, 4.69) is 100 Å². The van der Waals surface area contributed by atoms with Crippen molar-refractivity contribution in [2.24, 2.45) is 0 Å². The van der Waals surface area contributed by atoms with Crippen LogP contribution in [0.5, 0.6) is 0 Å². The Hall–Kier alpha value is -3.88. The second-order valence-corrected chi connectivity index (χ2v) is 9.57. The number of pyridine rings is 2. The minimum Gasteiger partial charge on any atom is -0.375 e. The Morgan fingerprint density at radius 1 is 0.528 bits per heavy atom. The monoisotopic (exact) mass is 480 g/mol. The Balaban J connectivity index is 1.64. The summed E-state index contributed by atoms with van der Waals surface area (Å²) in [5.41, 5.74) is 7.23. The van der Waals surface area contributed by atoms with Gasteiger partial charge in [0.05, 0.1) is 65.0 Å². The lowest BCUT2D eigenvalue weighted by Gasteiger charge is -2.23. The molecule has 2 aliphatic rings. The number of hydrogen-bond donors (Lipinski definition) is 0. The normalized spacial score (nSPS) is 17.3. The predicted molar refractivity (Wildman–Crippen MR) is 138 cm³/mol. The molecule has 180 valence electrons. The number of rotatable bonds is 2. The molecule has 7 heterocycles. The third kappa shape index (κ3) is 2.71. The van der Waals surface area contributed by atoms with E-state index in [1.807, 2.05) is 0 Å². The topological polar surface area (TPSA) is 42.0 Å². The number of aromatic nitrogens is 4. The molecule has 8 heteroatoms. The molecule has 0 saturated carbocycles. The lowest BCUT2D eigenvalue weighted by atomic mass is 10.2. The maximum atomic E-state index is 5.72. The number of imidazole rings is 2. The standard InChI is InChI=1S/C28H28N6O2/c1-2-8-22-21(7-1)33-25(23-9-3-5-11-31(23)27(33)29-13-17-35-18-14-29)26-24-10-4-6-12-32(24)28(34(22)26)30-15-19-36-20-16-30/h1-12H,13-20H2/q+2. The highest BCUT2D eigenvalue weighted by Crippen LogP contribution is 2.34. The van der Waals surface area contributed by atoms with Crippen molar-refractivity contribution in [1.29, 1.82) is 0 Å². The van der Waals surface area contributed by atoms with Crippen molar-refractivity contribution in [1.82, 2.24) is 8.80 Å². The fourth-order valence-electron chi connectivity index (χ4n) is 6.13. The third-order valence-corrected chi connectivity index (χ3v) is 7.66. The average Bonchev–Trinajstić information content (AvgIpc) is 3.48. The summed E-state index contributed by atoms with van der Waals surface area (Å²) in [4.78, 5) is 4.93. The van der Waals surface area contributed by atoms with E-state index in [1.54, 1.807) is 0 Å². The fourth-order valence-corrected chi connectivity index (χ4v) is 6.13. The van der Waals surface area contributed by atoms with E-state index >= 15 is 0 Å². The van der Waals surface area contributed by atoms with Crippen molar-refractivity contribution in [3.05, 3.63) is 73.1 Å². The first-order valence-electron chi connectivity index (χ1n) is 12.8. The molecular formula is C28H28N6O2+2. The van der Waals surface area contributed by atoms with Crippen molar-refractivity contribution in [3.8, 4) is 0 Å². The molecule has 0 spiro atoms. The Bertz CT molecular complexity index is 1640. The minimum atomic E-state index is 0.743. The smallest absolute Gasteiger partial charge is 0.370 e. The fraction of sp³-hybridized carbons (Fsp3) is 0.286. The summed E-state index contributed by atoms with van der Waals surface area (Å²) in [6, 6.07) is 21.8. The number of nitrogens with zero attached hydrogens (tertiary/aromatic N) is 6. The zero-order chi connectivity index (χ0) is 23.6. The van der Waals surface area contributed by atoms with Crippen LogP contribution in [0.3, 0.4) is 0 Å². The molecule has 0 atom stereocenters. The summed E-state index contributed by atoms with van der Waals surface area (Å²) in [6.45, 7) is 6.47. The van der Waals surface area contributed by atoms with Crippen molar-refractivity contribution >= 4 is 45.0 Å². The van der Waals surface area contributed by atoms with Crippen molar-refractivity contribution in [3.63, 3.8) is 0 Å². The van der Waals surface area contributed by atoms with Gasteiger partial charge >= 0.3 is 11.9 Å². The maximum absolute atomic E-state index is 5.72. The summed E-state index contributed by atoms with van der Waals surface area (Å²) < 4.78 is 21.1. The molecule has 0 amide bonds. The van der Waals surface area contributed by atoms with Gasteiger partial charge in [0.2, 0.25) is 0 Å². The van der Waals surface area contributed by atoms with Crippen LogP contribution in [-0.4, -0.2) is 61.4 Å². The molecule has 0 unspecified atom stereocenters. The van der Waals surface area contributed by atoms with Gasteiger partial charge < -0.3 is 9.47 Å². The Morgan fingerprint density at radius 3 is 1.39 bits per heavy atom. The van der Waals surface area contributed by atoms with Crippen LogP contribution in [0.2, 0.25) is 0 Å². The largest absolute Gasteiger partial charge is 0.375 e. The highest BCUT2D eigenvalue weighted by molar-refractivity contribution is 6.04. The Morgan fingerprint density at radius 2 is 0.944 bits per heavy atom. The quantitative estimate of drug-likeness (QED) is 0.357. The maximum Gasteiger partial charge on any atom is 0.370 e. The molecule has 2 aliphatic heterocycles. The van der Waals surface area contributed by atoms with Gasteiger partial charge in [-0.15, -0.1) is 0 Å². The van der Waals surface area contributed by atoms with Crippen LogP contribution in [-0.2, 0) is 9.47 Å². The van der Waals surface area contributed by atoms with Crippen LogP contribution in [0.1, 0.15) is 0 Å². The van der Waals surface area contributed by atoms with Gasteiger partial charge in [0.1, 0.15) is 11.0 Å². The summed E-state index contributed by atoms with van der Waals surface area (Å²) >= 11 is 0. The number of ether oxygens (including phenoxy) is 2. The van der Waals surface area contributed by atoms with E-state index in [-0.39, 0.29) is 0 Å². The molecule has 8 rings (SSSR count). The van der Waals surface area contributed by atoms with Gasteiger partial charge in [-0.1, -0.05) is 24.3 Å². The summed E-state index contributed by atoms with van der Waals surface area (Å²) in [5, 5.41) is 0. The average molecular weight is 481 g/mol. The Labute approximate surface area is 207 Å². The molecule has 0 N–H and O–H groups in total. The van der Waals surface area contributed by atoms with E-state index in [0.717, 1.165) is 52.6 Å². The zero-order valence-corrected chi connectivity index (χ0v) is 20.1. The number of morpholine rings is 2. The molecule has 5 aromatic heterocycles. The van der Waals surface area contributed by atoms with Crippen LogP contribution in [0, 0.1) is 0 Å². The van der Waals surface area contributed by atoms with E-state index in [0.29, 0.717) is 0 Å². The Kier molecular flexibility index (Phi) is 4.41. The number of fused-ring (bicyclic) bond motifs is 10. The van der Waals surface area contributed by atoms with Gasteiger partial charge in [-0.2, -0.15) is 8.80 Å². The van der Waals surface area contributed by atoms with E-state index in [1.165, 1.54) is 45.0 Å². The molecule has 6 aromatic rings. The van der Waals surface area contributed by atoms with Gasteiger partial charge in [0.15, 0.2) is 22.1 Å². The summed E-state index contributed by atoms with van der Waals surface area (Å²) in [7, 11) is 0. The number of hydrogen-bond acceptors (Lipinski definition) is 4. The van der Waals surface area contributed by atoms with Crippen LogP contribution >= 0.6 is 0 Å². The molecule has 0 aliphatic carbocycles. The van der Waals surface area contributed by atoms with Crippen LogP contribution in [0.4, 0.5) is 11.9 Å². The highest BCUT2D eigenvalue weighted by atomic mass is 16.5. The molecular weight excluding hydrogens is 452 g/mol. The lowest BCUT2D eigenvalue weighted by Crippen LogP contribution is -2.42. The molecule has 2 saturated heterocycles. The molecule has 0 radical (unpaired) electrons. The van der Waals surface area contributed by atoms with Crippen molar-refractivity contribution < 1.29 is 18.3 Å². The second-order valence-electron chi connectivity index (χ2n) is 9.57. The molecule has 1 aromatic carbocycles. The molecule has 0 bridgehead atoms. The minimum absolute atomic E-state index is 0.743. The second kappa shape index (κ2) is 7.81. The van der Waals surface area contributed by atoms with Gasteiger partial charge in [0.25, 0.3) is 0 Å². The summed E-state index contributed by atoms with van der Waals surface area (Å²) in [5.74, 6) is 2.37. The van der Waals surface area contributed by atoms with Crippen molar-refractivity contribution in [2.75, 3.05) is 62.4 Å². The van der Waals surface area contributed by atoms with Gasteiger partial charge in [-0.25, -0.2) is 8.80 Å².